The molecule has 0 unspecified atom stereocenters. The standard InChI is InChI=1S/C12H16ClN3O2/c1-9(17)14-7-2-8-15-12(18)16-11-5-3-10(13)4-6-11/h3-6H,2,7-8H2,1H3,(H,14,17)(H2,15,16,18). The number of hydrogen-bond donors (Lipinski definition) is 3. The van der Waals surface area contributed by atoms with Gasteiger partial charge in [-0.1, -0.05) is 11.6 Å². The maximum atomic E-state index is 11.5. The van der Waals surface area contributed by atoms with Crippen molar-refractivity contribution in [3.8, 4) is 0 Å². The summed E-state index contributed by atoms with van der Waals surface area (Å²) in [7, 11) is 0. The van der Waals surface area contributed by atoms with Crippen molar-refractivity contribution in [3.63, 3.8) is 0 Å². The van der Waals surface area contributed by atoms with Gasteiger partial charge in [0.05, 0.1) is 0 Å². The summed E-state index contributed by atoms with van der Waals surface area (Å²) < 4.78 is 0. The van der Waals surface area contributed by atoms with Gasteiger partial charge in [0, 0.05) is 30.7 Å². The quantitative estimate of drug-likeness (QED) is 0.716. The van der Waals surface area contributed by atoms with Crippen LogP contribution in [-0.4, -0.2) is 25.0 Å². The molecule has 18 heavy (non-hydrogen) atoms. The molecule has 0 aliphatic heterocycles. The largest absolute Gasteiger partial charge is 0.356 e. The van der Waals surface area contributed by atoms with Gasteiger partial charge in [-0.3, -0.25) is 4.79 Å². The molecule has 0 saturated heterocycles. The SMILES string of the molecule is CC(=O)NCCCNC(=O)Nc1ccc(Cl)cc1. The van der Waals surface area contributed by atoms with Gasteiger partial charge in [0.2, 0.25) is 5.91 Å². The van der Waals surface area contributed by atoms with E-state index in [1.54, 1.807) is 24.3 Å². The Bertz CT molecular complexity index is 406. The molecule has 0 atom stereocenters. The van der Waals surface area contributed by atoms with Crippen LogP contribution in [0.5, 0.6) is 0 Å². The van der Waals surface area contributed by atoms with E-state index in [2.05, 4.69) is 16.0 Å². The molecule has 1 rings (SSSR count). The second-order valence-electron chi connectivity index (χ2n) is 3.72. The first kappa shape index (κ1) is 14.3. The fourth-order valence-electron chi connectivity index (χ4n) is 1.26. The summed E-state index contributed by atoms with van der Waals surface area (Å²) in [5, 5.41) is 8.63. The molecule has 0 aliphatic rings. The Kier molecular flexibility index (Phi) is 6.00. The molecule has 98 valence electrons. The monoisotopic (exact) mass is 269 g/mol. The highest BCUT2D eigenvalue weighted by Crippen LogP contribution is 2.12. The molecular weight excluding hydrogens is 254 g/mol. The van der Waals surface area contributed by atoms with Crippen LogP contribution < -0.4 is 16.0 Å². The van der Waals surface area contributed by atoms with E-state index in [1.807, 2.05) is 0 Å². The lowest BCUT2D eigenvalue weighted by molar-refractivity contribution is -0.118. The smallest absolute Gasteiger partial charge is 0.319 e. The molecule has 0 fully saturated rings. The summed E-state index contributed by atoms with van der Waals surface area (Å²) in [5.74, 6) is -0.0689. The van der Waals surface area contributed by atoms with E-state index in [0.29, 0.717) is 30.2 Å². The van der Waals surface area contributed by atoms with E-state index in [-0.39, 0.29) is 11.9 Å². The number of anilines is 1. The molecule has 3 amide bonds. The minimum Gasteiger partial charge on any atom is -0.356 e. The van der Waals surface area contributed by atoms with E-state index in [4.69, 9.17) is 11.6 Å². The third-order valence-corrected chi connectivity index (χ3v) is 2.37. The summed E-state index contributed by atoms with van der Waals surface area (Å²) in [5.41, 5.74) is 0.679. The molecule has 1 aromatic carbocycles. The van der Waals surface area contributed by atoms with Crippen LogP contribution in [0.2, 0.25) is 5.02 Å². The van der Waals surface area contributed by atoms with Gasteiger partial charge in [0.15, 0.2) is 0 Å². The van der Waals surface area contributed by atoms with E-state index >= 15 is 0 Å². The first-order chi connectivity index (χ1) is 8.58. The van der Waals surface area contributed by atoms with Crippen LogP contribution in [-0.2, 0) is 4.79 Å². The number of amides is 3. The number of benzene rings is 1. The van der Waals surface area contributed by atoms with Crippen molar-refractivity contribution in [2.45, 2.75) is 13.3 Å². The summed E-state index contributed by atoms with van der Waals surface area (Å²) >= 11 is 5.73. The predicted octanol–water partition coefficient (Wildman–Crippen LogP) is 1.99. The van der Waals surface area contributed by atoms with Gasteiger partial charge in [0.25, 0.3) is 0 Å². The van der Waals surface area contributed by atoms with Crippen LogP contribution in [0.25, 0.3) is 0 Å². The Morgan fingerprint density at radius 1 is 1.11 bits per heavy atom. The third kappa shape index (κ3) is 6.10. The molecule has 0 aromatic heterocycles. The number of rotatable bonds is 5. The van der Waals surface area contributed by atoms with Crippen molar-refractivity contribution >= 4 is 29.2 Å². The lowest BCUT2D eigenvalue weighted by Gasteiger charge is -2.07. The molecule has 0 heterocycles. The van der Waals surface area contributed by atoms with Crippen LogP contribution in [0.15, 0.2) is 24.3 Å². The van der Waals surface area contributed by atoms with E-state index in [0.717, 1.165) is 0 Å². The Labute approximate surface area is 111 Å². The summed E-state index contributed by atoms with van der Waals surface area (Å²) in [6, 6.07) is 6.57. The second-order valence-corrected chi connectivity index (χ2v) is 4.16. The Morgan fingerprint density at radius 3 is 2.33 bits per heavy atom. The first-order valence-corrected chi connectivity index (χ1v) is 6.00. The minimum absolute atomic E-state index is 0.0689. The van der Waals surface area contributed by atoms with Gasteiger partial charge in [-0.25, -0.2) is 4.79 Å². The lowest BCUT2D eigenvalue weighted by atomic mass is 10.3. The van der Waals surface area contributed by atoms with Crippen molar-refractivity contribution in [1.29, 1.82) is 0 Å². The normalized spacial score (nSPS) is 9.67. The average molecular weight is 270 g/mol. The van der Waals surface area contributed by atoms with Gasteiger partial charge in [-0.05, 0) is 30.7 Å². The number of nitrogens with one attached hydrogen (secondary N) is 3. The Balaban J connectivity index is 2.17. The van der Waals surface area contributed by atoms with Gasteiger partial charge in [0.1, 0.15) is 0 Å². The lowest BCUT2D eigenvalue weighted by Crippen LogP contribution is -2.31. The Hall–Kier alpha value is -1.75. The summed E-state index contributed by atoms with van der Waals surface area (Å²) in [4.78, 5) is 22.0. The van der Waals surface area contributed by atoms with Crippen LogP contribution in [0.3, 0.4) is 0 Å². The van der Waals surface area contributed by atoms with Crippen LogP contribution in [0.1, 0.15) is 13.3 Å². The fourth-order valence-corrected chi connectivity index (χ4v) is 1.39. The zero-order valence-corrected chi connectivity index (χ0v) is 10.9. The average Bonchev–Trinajstić information content (AvgIpc) is 2.31. The summed E-state index contributed by atoms with van der Waals surface area (Å²) in [6.07, 6.45) is 0.688. The predicted molar refractivity (Wildman–Crippen MR) is 71.8 cm³/mol. The number of carbonyl (C=O) groups excluding carboxylic acids is 2. The molecular formula is C12H16ClN3O2. The van der Waals surface area contributed by atoms with Crippen LogP contribution >= 0.6 is 11.6 Å². The maximum Gasteiger partial charge on any atom is 0.319 e. The number of halogens is 1. The molecule has 5 nitrogen and oxygen atoms in total. The van der Waals surface area contributed by atoms with Gasteiger partial charge in [-0.2, -0.15) is 0 Å². The molecule has 0 saturated carbocycles. The molecule has 6 heteroatoms. The van der Waals surface area contributed by atoms with Crippen molar-refractivity contribution < 1.29 is 9.59 Å². The Morgan fingerprint density at radius 2 is 1.72 bits per heavy atom. The van der Waals surface area contributed by atoms with Crippen molar-refractivity contribution in [2.24, 2.45) is 0 Å². The molecule has 1 aromatic rings. The number of hydrogen-bond acceptors (Lipinski definition) is 2. The first-order valence-electron chi connectivity index (χ1n) is 5.63. The van der Waals surface area contributed by atoms with Crippen molar-refractivity contribution in [1.82, 2.24) is 10.6 Å². The van der Waals surface area contributed by atoms with Crippen molar-refractivity contribution in [3.05, 3.63) is 29.3 Å². The highest BCUT2D eigenvalue weighted by Gasteiger charge is 2.00. The maximum absolute atomic E-state index is 11.5. The van der Waals surface area contributed by atoms with E-state index in [1.165, 1.54) is 6.92 Å². The van der Waals surface area contributed by atoms with Crippen LogP contribution in [0.4, 0.5) is 10.5 Å². The fraction of sp³-hybridized carbons (Fsp3) is 0.333. The van der Waals surface area contributed by atoms with Gasteiger partial charge >= 0.3 is 6.03 Å². The molecule has 0 aliphatic carbocycles. The van der Waals surface area contributed by atoms with E-state index in [9.17, 15) is 9.59 Å². The third-order valence-electron chi connectivity index (χ3n) is 2.12. The summed E-state index contributed by atoms with van der Waals surface area (Å²) in [6.45, 7) is 2.51. The minimum atomic E-state index is -0.278. The molecule has 0 spiro atoms. The highest BCUT2D eigenvalue weighted by atomic mass is 35.5. The zero-order chi connectivity index (χ0) is 13.4. The number of urea groups is 1. The molecule has 0 bridgehead atoms. The van der Waals surface area contributed by atoms with Gasteiger partial charge in [-0.15, -0.1) is 0 Å². The number of carbonyl (C=O) groups is 2. The van der Waals surface area contributed by atoms with Crippen molar-refractivity contribution in [2.75, 3.05) is 18.4 Å². The van der Waals surface area contributed by atoms with E-state index < -0.39 is 0 Å². The van der Waals surface area contributed by atoms with Gasteiger partial charge < -0.3 is 16.0 Å². The molecule has 3 N–H and O–H groups in total. The second kappa shape index (κ2) is 7.55. The van der Waals surface area contributed by atoms with Crippen LogP contribution in [0, 0.1) is 0 Å². The topological polar surface area (TPSA) is 70.2 Å². The molecule has 0 radical (unpaired) electrons. The zero-order valence-electron chi connectivity index (χ0n) is 10.1. The highest BCUT2D eigenvalue weighted by molar-refractivity contribution is 6.30.